The fraction of sp³-hybridized carbons (Fsp3) is 0.467. The van der Waals surface area contributed by atoms with Crippen LogP contribution in [0.1, 0.15) is 31.0 Å². The van der Waals surface area contributed by atoms with Gasteiger partial charge in [0.1, 0.15) is 0 Å². The van der Waals surface area contributed by atoms with Crippen molar-refractivity contribution >= 4 is 23.2 Å². The fourth-order valence-electron chi connectivity index (χ4n) is 3.04. The van der Waals surface area contributed by atoms with E-state index < -0.39 is 17.9 Å². The molecule has 1 saturated heterocycles. The van der Waals surface area contributed by atoms with Crippen molar-refractivity contribution < 1.29 is 14.7 Å². The van der Waals surface area contributed by atoms with Gasteiger partial charge in [-0.1, -0.05) is 0 Å². The van der Waals surface area contributed by atoms with E-state index in [4.69, 9.17) is 0 Å². The number of carbonyl (C=O) groups is 2. The summed E-state index contributed by atoms with van der Waals surface area (Å²) in [6.07, 6.45) is 4.95. The molecule has 7 nitrogen and oxygen atoms in total. The van der Waals surface area contributed by atoms with E-state index in [1.807, 2.05) is 17.6 Å². The lowest BCUT2D eigenvalue weighted by Crippen LogP contribution is -2.46. The summed E-state index contributed by atoms with van der Waals surface area (Å²) in [5.74, 6) is -1.46. The van der Waals surface area contributed by atoms with Gasteiger partial charge in [-0.2, -0.15) is 5.10 Å². The van der Waals surface area contributed by atoms with Crippen LogP contribution in [0.25, 0.3) is 0 Å². The number of aliphatic carboxylic acids is 1. The van der Waals surface area contributed by atoms with Crippen molar-refractivity contribution in [1.82, 2.24) is 19.7 Å². The molecule has 0 saturated carbocycles. The summed E-state index contributed by atoms with van der Waals surface area (Å²) in [5, 5.41) is 15.5. The molecule has 0 aromatic carbocycles. The Morgan fingerprint density at radius 2 is 2.30 bits per heavy atom. The van der Waals surface area contributed by atoms with E-state index in [0.717, 1.165) is 6.42 Å². The van der Waals surface area contributed by atoms with Crippen molar-refractivity contribution in [2.24, 2.45) is 5.92 Å². The molecule has 8 heteroatoms. The molecular weight excluding hydrogens is 316 g/mol. The van der Waals surface area contributed by atoms with Gasteiger partial charge in [0.15, 0.2) is 0 Å². The Balaban J connectivity index is 1.75. The van der Waals surface area contributed by atoms with Gasteiger partial charge in [-0.05, 0) is 18.9 Å². The predicted molar refractivity (Wildman–Crippen MR) is 83.8 cm³/mol. The Kier molecular flexibility index (Phi) is 4.71. The zero-order valence-electron chi connectivity index (χ0n) is 12.5. The highest BCUT2D eigenvalue weighted by atomic mass is 32.1. The molecule has 0 aliphatic carbocycles. The van der Waals surface area contributed by atoms with Crippen LogP contribution < -0.4 is 0 Å². The molecule has 1 aliphatic rings. The number of aryl methyl sites for hydroxylation is 1. The number of aromatic nitrogens is 3. The molecule has 122 valence electrons. The van der Waals surface area contributed by atoms with Gasteiger partial charge < -0.3 is 10.0 Å². The molecule has 2 aromatic rings. The van der Waals surface area contributed by atoms with Crippen LogP contribution in [-0.2, 0) is 16.1 Å². The maximum Gasteiger partial charge on any atom is 0.309 e. The number of hydrogen-bond donors (Lipinski definition) is 1. The zero-order valence-corrected chi connectivity index (χ0v) is 13.4. The van der Waals surface area contributed by atoms with Crippen molar-refractivity contribution in [3.05, 3.63) is 35.0 Å². The third-order valence-electron chi connectivity index (χ3n) is 4.12. The molecule has 1 amide bonds. The predicted octanol–water partition coefficient (Wildman–Crippen LogP) is 1.79. The monoisotopic (exact) mass is 334 g/mol. The number of carboxylic acids is 1. The van der Waals surface area contributed by atoms with Crippen LogP contribution in [-0.4, -0.2) is 43.2 Å². The van der Waals surface area contributed by atoms with Gasteiger partial charge in [0, 0.05) is 37.3 Å². The van der Waals surface area contributed by atoms with Crippen LogP contribution in [0.5, 0.6) is 0 Å². The van der Waals surface area contributed by atoms with Crippen LogP contribution in [0.4, 0.5) is 0 Å². The van der Waals surface area contributed by atoms with Crippen molar-refractivity contribution in [2.45, 2.75) is 31.8 Å². The lowest BCUT2D eigenvalue weighted by Gasteiger charge is -2.38. The topological polar surface area (TPSA) is 88.3 Å². The molecule has 3 rings (SSSR count). The first-order valence-corrected chi connectivity index (χ1v) is 8.49. The van der Waals surface area contributed by atoms with Crippen LogP contribution in [0.3, 0.4) is 0 Å². The second kappa shape index (κ2) is 6.91. The summed E-state index contributed by atoms with van der Waals surface area (Å²) in [4.78, 5) is 29.9. The SMILES string of the molecule is O=C(O)[C@H]1CCC(=O)N(CCCn2cccn2)[C@@H]1c1cscn1. The molecule has 1 fully saturated rings. The molecule has 0 spiro atoms. The van der Waals surface area contributed by atoms with E-state index in [-0.39, 0.29) is 12.3 Å². The van der Waals surface area contributed by atoms with E-state index in [0.29, 0.717) is 25.2 Å². The second-order valence-corrected chi connectivity index (χ2v) is 6.27. The number of hydrogen-bond acceptors (Lipinski definition) is 5. The average Bonchev–Trinajstić information content (AvgIpc) is 3.21. The van der Waals surface area contributed by atoms with E-state index in [2.05, 4.69) is 10.1 Å². The number of carbonyl (C=O) groups excluding carboxylic acids is 1. The number of piperidine rings is 1. The highest BCUT2D eigenvalue weighted by Crippen LogP contribution is 2.36. The van der Waals surface area contributed by atoms with Crippen molar-refractivity contribution in [1.29, 1.82) is 0 Å². The van der Waals surface area contributed by atoms with Crippen LogP contribution in [0.15, 0.2) is 29.4 Å². The highest BCUT2D eigenvalue weighted by molar-refractivity contribution is 7.07. The largest absolute Gasteiger partial charge is 0.481 e. The van der Waals surface area contributed by atoms with Crippen molar-refractivity contribution in [2.75, 3.05) is 6.54 Å². The molecule has 0 radical (unpaired) electrons. The normalized spacial score (nSPS) is 21.6. The highest BCUT2D eigenvalue weighted by Gasteiger charge is 2.41. The Morgan fingerprint density at radius 1 is 1.43 bits per heavy atom. The fourth-order valence-corrected chi connectivity index (χ4v) is 3.63. The lowest BCUT2D eigenvalue weighted by atomic mass is 9.87. The van der Waals surface area contributed by atoms with Crippen LogP contribution >= 0.6 is 11.3 Å². The summed E-state index contributed by atoms with van der Waals surface area (Å²) in [6.45, 7) is 1.20. The second-order valence-electron chi connectivity index (χ2n) is 5.55. The number of carboxylic acid groups (broad SMARTS) is 1. The molecular formula is C15H18N4O3S. The van der Waals surface area contributed by atoms with Gasteiger partial charge in [-0.3, -0.25) is 14.3 Å². The molecule has 2 atom stereocenters. The van der Waals surface area contributed by atoms with E-state index in [1.165, 1.54) is 11.3 Å². The maximum absolute atomic E-state index is 12.3. The van der Waals surface area contributed by atoms with Gasteiger partial charge in [0.25, 0.3) is 0 Å². The quantitative estimate of drug-likeness (QED) is 0.870. The van der Waals surface area contributed by atoms with E-state index in [9.17, 15) is 14.7 Å². The molecule has 1 N–H and O–H groups in total. The van der Waals surface area contributed by atoms with Gasteiger partial charge >= 0.3 is 5.97 Å². The zero-order chi connectivity index (χ0) is 16.2. The minimum Gasteiger partial charge on any atom is -0.481 e. The van der Waals surface area contributed by atoms with Gasteiger partial charge in [-0.15, -0.1) is 11.3 Å². The Hall–Kier alpha value is -2.22. The van der Waals surface area contributed by atoms with Crippen LogP contribution in [0, 0.1) is 5.92 Å². The standard InChI is InChI=1S/C15H18N4O3S/c20-13-4-3-11(15(21)22)14(12-9-23-10-16-12)19(13)8-2-7-18-6-1-5-17-18/h1,5-6,9-11,14H,2-4,7-8H2,(H,21,22)/t11-,14-/m0/s1. The minimum absolute atomic E-state index is 0.000894. The summed E-state index contributed by atoms with van der Waals surface area (Å²) < 4.78 is 1.81. The number of rotatable bonds is 6. The molecule has 2 aromatic heterocycles. The summed E-state index contributed by atoms with van der Waals surface area (Å²) in [5.41, 5.74) is 2.35. The molecule has 23 heavy (non-hydrogen) atoms. The molecule has 3 heterocycles. The number of amides is 1. The van der Waals surface area contributed by atoms with Gasteiger partial charge in [0.05, 0.1) is 23.2 Å². The smallest absolute Gasteiger partial charge is 0.309 e. The van der Waals surface area contributed by atoms with Gasteiger partial charge in [0.2, 0.25) is 5.91 Å². The summed E-state index contributed by atoms with van der Waals surface area (Å²) >= 11 is 1.42. The molecule has 1 aliphatic heterocycles. The van der Waals surface area contributed by atoms with Crippen LogP contribution in [0.2, 0.25) is 0 Å². The van der Waals surface area contributed by atoms with Crippen molar-refractivity contribution in [3.63, 3.8) is 0 Å². The first-order valence-electron chi connectivity index (χ1n) is 7.54. The number of likely N-dealkylation sites (tertiary alicyclic amines) is 1. The first-order chi connectivity index (χ1) is 11.2. The Bertz CT molecular complexity index is 656. The molecule has 0 unspecified atom stereocenters. The molecule has 0 bridgehead atoms. The lowest BCUT2D eigenvalue weighted by molar-refractivity contribution is -0.152. The van der Waals surface area contributed by atoms with Crippen molar-refractivity contribution in [3.8, 4) is 0 Å². The van der Waals surface area contributed by atoms with Gasteiger partial charge in [-0.25, -0.2) is 4.98 Å². The summed E-state index contributed by atoms with van der Waals surface area (Å²) in [6, 6.07) is 1.38. The maximum atomic E-state index is 12.3. The van der Waals surface area contributed by atoms with E-state index >= 15 is 0 Å². The third-order valence-corrected chi connectivity index (χ3v) is 4.73. The first kappa shape index (κ1) is 15.7. The number of thiazole rings is 1. The minimum atomic E-state index is -0.868. The Labute approximate surface area is 137 Å². The Morgan fingerprint density at radius 3 is 2.96 bits per heavy atom. The average molecular weight is 334 g/mol. The third kappa shape index (κ3) is 3.42. The number of nitrogens with zero attached hydrogens (tertiary/aromatic N) is 4. The van der Waals surface area contributed by atoms with E-state index in [1.54, 1.807) is 21.3 Å². The summed E-state index contributed by atoms with van der Waals surface area (Å²) in [7, 11) is 0.